The van der Waals surface area contributed by atoms with Gasteiger partial charge >= 0.3 is 0 Å². The molecule has 0 aromatic rings. The molecule has 4 atom stereocenters. The molecule has 2 amide bonds. The molecule has 4 heteroatoms. The van der Waals surface area contributed by atoms with Crippen LogP contribution >= 0.6 is 0 Å². The number of carbonyl (C=O) groups excluding carboxylic acids is 2. The lowest BCUT2D eigenvalue weighted by molar-refractivity contribution is -0.145. The second-order valence-electron chi connectivity index (χ2n) is 4.40. The van der Waals surface area contributed by atoms with E-state index in [2.05, 4.69) is 0 Å². The minimum Gasteiger partial charge on any atom is -0.396 e. The molecule has 2 rings (SSSR count). The van der Waals surface area contributed by atoms with Gasteiger partial charge in [-0.15, -0.1) is 0 Å². The Morgan fingerprint density at radius 3 is 2.29 bits per heavy atom. The first-order valence-corrected chi connectivity index (χ1v) is 5.05. The molecule has 0 radical (unpaired) electrons. The maximum Gasteiger partial charge on any atom is 0.233 e. The van der Waals surface area contributed by atoms with Crippen LogP contribution in [0.4, 0.5) is 0 Å². The van der Waals surface area contributed by atoms with E-state index in [0.717, 1.165) is 6.42 Å². The van der Waals surface area contributed by atoms with Crippen molar-refractivity contribution in [1.29, 1.82) is 0 Å². The van der Waals surface area contributed by atoms with Crippen molar-refractivity contribution in [2.75, 3.05) is 6.61 Å². The van der Waals surface area contributed by atoms with Gasteiger partial charge in [-0.05, 0) is 19.3 Å². The number of amides is 2. The predicted octanol–water partition coefficient (Wildman–Crippen LogP) is 0.00820. The van der Waals surface area contributed by atoms with Crippen LogP contribution in [0.3, 0.4) is 0 Å². The third kappa shape index (κ3) is 1.17. The lowest BCUT2D eigenvalue weighted by Crippen LogP contribution is -2.44. The van der Waals surface area contributed by atoms with E-state index in [1.54, 1.807) is 0 Å². The molecule has 2 aliphatic rings. The van der Waals surface area contributed by atoms with Crippen molar-refractivity contribution in [1.82, 2.24) is 4.90 Å². The quantitative estimate of drug-likeness (QED) is 0.648. The van der Waals surface area contributed by atoms with Crippen LogP contribution in [-0.2, 0) is 9.59 Å². The van der Waals surface area contributed by atoms with Gasteiger partial charge in [-0.1, -0.05) is 6.92 Å². The number of piperidine rings is 1. The molecule has 1 aliphatic heterocycles. The van der Waals surface area contributed by atoms with Gasteiger partial charge < -0.3 is 5.11 Å². The van der Waals surface area contributed by atoms with Gasteiger partial charge in [-0.25, -0.2) is 0 Å². The molecule has 2 fully saturated rings. The van der Waals surface area contributed by atoms with Crippen LogP contribution in [0.1, 0.15) is 20.3 Å². The van der Waals surface area contributed by atoms with Crippen molar-refractivity contribution in [2.24, 2.45) is 17.8 Å². The number of aliphatic hydroxyl groups is 1. The van der Waals surface area contributed by atoms with Crippen molar-refractivity contribution in [3.63, 3.8) is 0 Å². The van der Waals surface area contributed by atoms with Gasteiger partial charge in [0.15, 0.2) is 0 Å². The number of hydrogen-bond donors (Lipinski definition) is 1. The lowest BCUT2D eigenvalue weighted by Gasteiger charge is -2.28. The molecule has 0 bridgehead atoms. The maximum atomic E-state index is 11.6. The van der Waals surface area contributed by atoms with Crippen molar-refractivity contribution in [2.45, 2.75) is 26.3 Å². The zero-order valence-corrected chi connectivity index (χ0v) is 8.43. The van der Waals surface area contributed by atoms with Gasteiger partial charge in [0.05, 0.1) is 11.8 Å². The van der Waals surface area contributed by atoms with Crippen molar-refractivity contribution >= 4 is 11.8 Å². The van der Waals surface area contributed by atoms with Crippen molar-refractivity contribution in [3.8, 4) is 0 Å². The Hall–Kier alpha value is -0.900. The molecule has 1 N–H and O–H groups in total. The molecular formula is C10H15NO3. The van der Waals surface area contributed by atoms with Gasteiger partial charge in [-0.2, -0.15) is 0 Å². The fraction of sp³-hybridized carbons (Fsp3) is 0.800. The van der Waals surface area contributed by atoms with E-state index in [9.17, 15) is 9.59 Å². The van der Waals surface area contributed by atoms with Gasteiger partial charge in [-0.3, -0.25) is 14.5 Å². The Morgan fingerprint density at radius 2 is 1.86 bits per heavy atom. The highest BCUT2D eigenvalue weighted by atomic mass is 16.3. The molecule has 0 aromatic heterocycles. The first-order valence-electron chi connectivity index (χ1n) is 5.05. The van der Waals surface area contributed by atoms with Gasteiger partial charge in [0.25, 0.3) is 0 Å². The number of nitrogens with zero attached hydrogens (tertiary/aromatic N) is 1. The van der Waals surface area contributed by atoms with E-state index in [4.69, 9.17) is 5.11 Å². The predicted molar refractivity (Wildman–Crippen MR) is 49.2 cm³/mol. The lowest BCUT2D eigenvalue weighted by atomic mass is 10.0. The Labute approximate surface area is 82.9 Å². The highest BCUT2D eigenvalue weighted by Gasteiger charge is 2.60. The smallest absolute Gasteiger partial charge is 0.233 e. The van der Waals surface area contributed by atoms with Crippen LogP contribution in [-0.4, -0.2) is 34.5 Å². The Balaban J connectivity index is 2.11. The molecule has 1 saturated heterocycles. The first-order chi connectivity index (χ1) is 6.57. The molecule has 1 saturated carbocycles. The number of carbonyl (C=O) groups is 2. The summed E-state index contributed by atoms with van der Waals surface area (Å²) in [6.07, 6.45) is 0.744. The molecular weight excluding hydrogens is 182 g/mol. The number of likely N-dealkylation sites (tertiary alicyclic amines) is 1. The topological polar surface area (TPSA) is 57.6 Å². The molecule has 78 valence electrons. The van der Waals surface area contributed by atoms with Crippen molar-refractivity contribution in [3.05, 3.63) is 0 Å². The molecule has 4 unspecified atom stereocenters. The summed E-state index contributed by atoms with van der Waals surface area (Å²) in [7, 11) is 0. The van der Waals surface area contributed by atoms with Crippen LogP contribution < -0.4 is 0 Å². The summed E-state index contributed by atoms with van der Waals surface area (Å²) in [6.45, 7) is 3.67. The summed E-state index contributed by atoms with van der Waals surface area (Å²) in [6, 6.07) is -0.173. The Kier molecular flexibility index (Phi) is 2.10. The number of fused-ring (bicyclic) bond motifs is 1. The van der Waals surface area contributed by atoms with Crippen LogP contribution in [0.25, 0.3) is 0 Å². The maximum absolute atomic E-state index is 11.6. The summed E-state index contributed by atoms with van der Waals surface area (Å²) >= 11 is 0. The zero-order chi connectivity index (χ0) is 10.5. The fourth-order valence-corrected chi connectivity index (χ4v) is 2.02. The summed E-state index contributed by atoms with van der Waals surface area (Å²) in [5.74, 6) is -0.173. The van der Waals surface area contributed by atoms with Gasteiger partial charge in [0, 0.05) is 12.6 Å². The molecule has 0 spiro atoms. The minimum atomic E-state index is -0.173. The largest absolute Gasteiger partial charge is 0.396 e. The van der Waals surface area contributed by atoms with E-state index in [-0.39, 0.29) is 42.2 Å². The highest BCUT2D eigenvalue weighted by molar-refractivity contribution is 6.09. The van der Waals surface area contributed by atoms with Gasteiger partial charge in [0.1, 0.15) is 0 Å². The van der Waals surface area contributed by atoms with Crippen molar-refractivity contribution < 1.29 is 14.7 Å². The van der Waals surface area contributed by atoms with E-state index >= 15 is 0 Å². The number of aliphatic hydroxyl groups excluding tert-OH is 1. The van der Waals surface area contributed by atoms with Crippen LogP contribution in [0, 0.1) is 17.8 Å². The molecule has 1 aliphatic carbocycles. The van der Waals surface area contributed by atoms with E-state index in [0.29, 0.717) is 0 Å². The Morgan fingerprint density at radius 1 is 1.36 bits per heavy atom. The average molecular weight is 197 g/mol. The fourth-order valence-electron chi connectivity index (χ4n) is 2.02. The molecule has 14 heavy (non-hydrogen) atoms. The number of imide groups is 1. The second-order valence-corrected chi connectivity index (χ2v) is 4.40. The zero-order valence-electron chi connectivity index (χ0n) is 8.43. The monoisotopic (exact) mass is 197 g/mol. The molecule has 4 nitrogen and oxygen atoms in total. The standard InChI is InChI=1S/C10H15NO3/c1-5(4-12)6(2)11-9(13)7-3-8(7)10(11)14/h5-8,12H,3-4H2,1-2H3. The SMILES string of the molecule is CC(CO)C(C)N1C(=O)C2CC2C1=O. The summed E-state index contributed by atoms with van der Waals surface area (Å²) in [5.41, 5.74) is 0. The van der Waals surface area contributed by atoms with Crippen LogP contribution in [0.15, 0.2) is 0 Å². The number of rotatable bonds is 3. The van der Waals surface area contributed by atoms with Crippen LogP contribution in [0.5, 0.6) is 0 Å². The highest BCUT2D eigenvalue weighted by Crippen LogP contribution is 2.48. The number of hydrogen-bond acceptors (Lipinski definition) is 3. The third-order valence-electron chi connectivity index (χ3n) is 3.42. The minimum absolute atomic E-state index is 0.00750. The van der Waals surface area contributed by atoms with E-state index < -0.39 is 0 Å². The summed E-state index contributed by atoms with van der Waals surface area (Å²) in [5, 5.41) is 8.97. The van der Waals surface area contributed by atoms with Crippen LogP contribution in [0.2, 0.25) is 0 Å². The van der Waals surface area contributed by atoms with E-state index in [1.165, 1.54) is 4.90 Å². The molecule has 1 heterocycles. The molecule has 0 aromatic carbocycles. The second kappa shape index (κ2) is 3.05. The third-order valence-corrected chi connectivity index (χ3v) is 3.42. The summed E-state index contributed by atoms with van der Waals surface area (Å²) in [4.78, 5) is 24.6. The Bertz CT molecular complexity index is 269. The normalized spacial score (nSPS) is 34.4. The average Bonchev–Trinajstić information content (AvgIpc) is 2.91. The van der Waals surface area contributed by atoms with E-state index in [1.807, 2.05) is 13.8 Å². The van der Waals surface area contributed by atoms with Gasteiger partial charge in [0.2, 0.25) is 11.8 Å². The first kappa shape index (κ1) is 9.65. The summed E-state index contributed by atoms with van der Waals surface area (Å²) < 4.78 is 0.